The number of rotatable bonds is 4. The lowest BCUT2D eigenvalue weighted by atomic mass is 10.1. The van der Waals surface area contributed by atoms with E-state index in [0.29, 0.717) is 5.69 Å². The highest BCUT2D eigenvalue weighted by atomic mass is 32.2. The number of pyridine rings is 1. The average molecular weight is 431 g/mol. The number of primary sulfonamides is 1. The van der Waals surface area contributed by atoms with Crippen LogP contribution in [0.5, 0.6) is 0 Å². The number of nitrogens with two attached hydrogens (primary N) is 1. The van der Waals surface area contributed by atoms with Crippen molar-refractivity contribution in [3.8, 4) is 11.3 Å². The van der Waals surface area contributed by atoms with Gasteiger partial charge >= 0.3 is 0 Å². The molecule has 0 atom stereocenters. The molecule has 0 saturated carbocycles. The number of hydrogen-bond donors (Lipinski definition) is 1. The van der Waals surface area contributed by atoms with Crippen LogP contribution in [0.25, 0.3) is 22.2 Å². The Labute approximate surface area is 171 Å². The number of aryl methyl sites for hydroxylation is 3. The molecule has 0 amide bonds. The molecule has 3 aromatic heterocycles. The Morgan fingerprint density at radius 2 is 1.83 bits per heavy atom. The van der Waals surface area contributed by atoms with E-state index in [0.717, 1.165) is 39.9 Å². The fraction of sp³-hybridized carbons (Fsp3) is 0.200. The van der Waals surface area contributed by atoms with Crippen molar-refractivity contribution in [1.29, 1.82) is 0 Å². The molecule has 0 aliphatic heterocycles. The summed E-state index contributed by atoms with van der Waals surface area (Å²) in [7, 11) is -2.42. The second-order valence-corrected chi connectivity index (χ2v) is 8.77. The van der Waals surface area contributed by atoms with Crippen molar-refractivity contribution in [1.82, 2.24) is 19.3 Å². The van der Waals surface area contributed by atoms with E-state index in [9.17, 15) is 17.2 Å². The number of halogens is 2. The number of aromatic nitrogens is 4. The normalized spacial score (nSPS) is 12.1. The summed E-state index contributed by atoms with van der Waals surface area (Å²) in [4.78, 5) is 3.85. The second-order valence-electron chi connectivity index (χ2n) is 7.21. The van der Waals surface area contributed by atoms with Gasteiger partial charge in [0.1, 0.15) is 11.6 Å². The number of nitrogens with zero attached hydrogens (tertiary/aromatic N) is 4. The Morgan fingerprint density at radius 1 is 1.17 bits per heavy atom. The van der Waals surface area contributed by atoms with Crippen LogP contribution >= 0.6 is 0 Å². The van der Waals surface area contributed by atoms with Gasteiger partial charge in [-0.05, 0) is 37.6 Å². The van der Waals surface area contributed by atoms with Crippen molar-refractivity contribution >= 4 is 20.9 Å². The predicted octanol–water partition coefficient (Wildman–Crippen LogP) is 3.03. The smallest absolute Gasteiger partial charge is 0.238 e. The minimum Gasteiger partial charge on any atom is -0.342 e. The van der Waals surface area contributed by atoms with E-state index in [1.165, 1.54) is 0 Å². The van der Waals surface area contributed by atoms with Gasteiger partial charge in [0.25, 0.3) is 0 Å². The van der Waals surface area contributed by atoms with Crippen LogP contribution in [0.1, 0.15) is 16.8 Å². The zero-order valence-corrected chi connectivity index (χ0v) is 17.3. The van der Waals surface area contributed by atoms with Crippen molar-refractivity contribution in [3.05, 3.63) is 65.2 Å². The van der Waals surface area contributed by atoms with Gasteiger partial charge in [0.05, 0.1) is 22.7 Å². The van der Waals surface area contributed by atoms with E-state index >= 15 is 0 Å². The van der Waals surface area contributed by atoms with E-state index < -0.39 is 26.6 Å². The lowest BCUT2D eigenvalue weighted by Gasteiger charge is -2.12. The molecule has 0 bridgehead atoms. The lowest BCUT2D eigenvalue weighted by molar-refractivity contribution is 0.537. The van der Waals surface area contributed by atoms with Crippen molar-refractivity contribution in [2.45, 2.75) is 25.3 Å². The van der Waals surface area contributed by atoms with Gasteiger partial charge in [-0.3, -0.25) is 9.67 Å². The minimum atomic E-state index is -4.22. The third-order valence-electron chi connectivity index (χ3n) is 5.04. The van der Waals surface area contributed by atoms with Crippen LogP contribution in [0.15, 0.2) is 41.7 Å². The molecule has 2 N–H and O–H groups in total. The Kier molecular flexibility index (Phi) is 4.70. The number of sulfonamides is 1. The molecule has 0 spiro atoms. The molecule has 0 radical (unpaired) electrons. The van der Waals surface area contributed by atoms with Crippen LogP contribution in [-0.2, 0) is 23.6 Å². The van der Waals surface area contributed by atoms with Gasteiger partial charge in [0.2, 0.25) is 10.0 Å². The first-order valence-corrected chi connectivity index (χ1v) is 10.6. The molecule has 0 aliphatic carbocycles. The topological polar surface area (TPSA) is 95.8 Å². The van der Waals surface area contributed by atoms with Gasteiger partial charge < -0.3 is 4.57 Å². The molecule has 7 nitrogen and oxygen atoms in total. The van der Waals surface area contributed by atoms with Gasteiger partial charge in [-0.2, -0.15) is 5.10 Å². The second kappa shape index (κ2) is 6.99. The summed E-state index contributed by atoms with van der Waals surface area (Å²) in [5, 5.41) is 10.3. The highest BCUT2D eigenvalue weighted by Crippen LogP contribution is 2.33. The van der Waals surface area contributed by atoms with Gasteiger partial charge in [-0.25, -0.2) is 22.3 Å². The molecule has 0 saturated heterocycles. The first-order valence-electron chi connectivity index (χ1n) is 9.02. The molecular weight excluding hydrogens is 412 g/mol. The Morgan fingerprint density at radius 3 is 2.40 bits per heavy atom. The molecule has 4 aromatic rings. The summed E-state index contributed by atoms with van der Waals surface area (Å²) in [5.41, 5.74) is 3.55. The third-order valence-corrected chi connectivity index (χ3v) is 5.94. The quantitative estimate of drug-likeness (QED) is 0.537. The first-order chi connectivity index (χ1) is 14.1. The lowest BCUT2D eigenvalue weighted by Crippen LogP contribution is -2.14. The molecule has 1 aromatic carbocycles. The van der Waals surface area contributed by atoms with Crippen molar-refractivity contribution in [3.63, 3.8) is 0 Å². The Bertz CT molecular complexity index is 1380. The Hall–Kier alpha value is -3.11. The minimum absolute atomic E-state index is 0.143. The van der Waals surface area contributed by atoms with Gasteiger partial charge in [-0.1, -0.05) is 0 Å². The SMILES string of the molecule is Cc1ncc2c(C)cn(Cc3c(F)cc(S(N)(=O)=O)cc3F)c2c1-c1ccn(C)n1. The summed E-state index contributed by atoms with van der Waals surface area (Å²) in [6, 6.07) is 3.32. The van der Waals surface area contributed by atoms with E-state index in [2.05, 4.69) is 10.1 Å². The highest BCUT2D eigenvalue weighted by Gasteiger charge is 2.21. The van der Waals surface area contributed by atoms with E-state index in [4.69, 9.17) is 5.14 Å². The van der Waals surface area contributed by atoms with E-state index in [-0.39, 0.29) is 12.1 Å². The number of hydrogen-bond acceptors (Lipinski definition) is 4. The molecule has 156 valence electrons. The van der Waals surface area contributed by atoms with Gasteiger partial charge in [0, 0.05) is 47.8 Å². The maximum absolute atomic E-state index is 14.6. The molecule has 10 heteroatoms. The fourth-order valence-electron chi connectivity index (χ4n) is 3.59. The van der Waals surface area contributed by atoms with Crippen LogP contribution in [-0.4, -0.2) is 27.7 Å². The maximum atomic E-state index is 14.6. The van der Waals surface area contributed by atoms with Crippen LogP contribution in [0.2, 0.25) is 0 Å². The largest absolute Gasteiger partial charge is 0.342 e. The fourth-order valence-corrected chi connectivity index (χ4v) is 4.13. The summed E-state index contributed by atoms with van der Waals surface area (Å²) < 4.78 is 55.6. The molecule has 0 fully saturated rings. The van der Waals surface area contributed by atoms with Gasteiger partial charge in [0.15, 0.2) is 0 Å². The zero-order valence-electron chi connectivity index (χ0n) is 16.5. The predicted molar refractivity (Wildman–Crippen MR) is 108 cm³/mol. The molecule has 3 heterocycles. The summed E-state index contributed by atoms with van der Waals surface area (Å²) >= 11 is 0. The monoisotopic (exact) mass is 431 g/mol. The first kappa shape index (κ1) is 20.2. The number of benzene rings is 1. The van der Waals surface area contributed by atoms with Crippen LogP contribution in [0.4, 0.5) is 8.78 Å². The molecular formula is C20H19F2N5O2S. The molecule has 0 aliphatic rings. The summed E-state index contributed by atoms with van der Waals surface area (Å²) in [6.45, 7) is 3.59. The molecule has 4 rings (SSSR count). The third kappa shape index (κ3) is 3.37. The Balaban J connectivity index is 1.92. The standard InChI is InChI=1S/C20H19F2N5O2S/c1-11-9-27(10-15-16(21)6-13(7-17(15)22)30(23,28)29)20-14(11)8-24-12(2)19(20)18-4-5-26(3)25-18/h4-9H,10H2,1-3H3,(H2,23,28,29). The molecule has 0 unspecified atom stereocenters. The average Bonchev–Trinajstić information content (AvgIpc) is 3.20. The van der Waals surface area contributed by atoms with Crippen LogP contribution < -0.4 is 5.14 Å². The van der Waals surface area contributed by atoms with Crippen LogP contribution in [0.3, 0.4) is 0 Å². The molecule has 30 heavy (non-hydrogen) atoms. The van der Waals surface area contributed by atoms with E-state index in [1.807, 2.05) is 19.9 Å². The van der Waals surface area contributed by atoms with Crippen molar-refractivity contribution < 1.29 is 17.2 Å². The number of fused-ring (bicyclic) bond motifs is 1. The maximum Gasteiger partial charge on any atom is 0.238 e. The summed E-state index contributed by atoms with van der Waals surface area (Å²) in [6.07, 6.45) is 5.31. The zero-order chi connectivity index (χ0) is 21.8. The highest BCUT2D eigenvalue weighted by molar-refractivity contribution is 7.89. The van der Waals surface area contributed by atoms with Gasteiger partial charge in [-0.15, -0.1) is 0 Å². The van der Waals surface area contributed by atoms with Crippen molar-refractivity contribution in [2.75, 3.05) is 0 Å². The van der Waals surface area contributed by atoms with E-state index in [1.54, 1.807) is 34.9 Å². The summed E-state index contributed by atoms with van der Waals surface area (Å²) in [5.74, 6) is -1.97. The van der Waals surface area contributed by atoms with Crippen LogP contribution in [0, 0.1) is 25.5 Å². The van der Waals surface area contributed by atoms with Crippen molar-refractivity contribution in [2.24, 2.45) is 12.2 Å².